The number of benzene rings is 1. The van der Waals surface area contributed by atoms with Crippen LogP contribution in [0.4, 0.5) is 0 Å². The molecule has 0 aromatic heterocycles. The summed E-state index contributed by atoms with van der Waals surface area (Å²) in [7, 11) is 0. The third kappa shape index (κ3) is 3.26. The molecule has 0 N–H and O–H groups in total. The minimum atomic E-state index is -0.807. The molecule has 138 valence electrons. The van der Waals surface area contributed by atoms with Crippen LogP contribution in [-0.4, -0.2) is 37.1 Å². The van der Waals surface area contributed by atoms with Crippen LogP contribution < -0.4 is 0 Å². The van der Waals surface area contributed by atoms with Gasteiger partial charge < -0.3 is 18.9 Å². The molecule has 0 fully saturated rings. The number of esters is 4. The monoisotopic (exact) mass is 362 g/mol. The molecule has 0 radical (unpaired) electrons. The molecule has 0 saturated heterocycles. The zero-order valence-corrected chi connectivity index (χ0v) is 14.4. The largest absolute Gasteiger partial charge is 0.466 e. The third-order valence-corrected chi connectivity index (χ3v) is 4.17. The van der Waals surface area contributed by atoms with Crippen molar-refractivity contribution in [2.75, 3.05) is 13.2 Å². The number of cyclic esters (lactones) is 2. The molecule has 0 bridgehead atoms. The predicted octanol–water partition coefficient (Wildman–Crippen LogP) is 2.02. The number of hydrogen-bond acceptors (Lipinski definition) is 8. The molecule has 1 aromatic rings. The zero-order valence-electron chi connectivity index (χ0n) is 14.4. The van der Waals surface area contributed by atoms with Crippen LogP contribution in [0.25, 0.3) is 0 Å². The molecule has 26 heavy (non-hydrogen) atoms. The van der Waals surface area contributed by atoms with Crippen molar-refractivity contribution in [3.63, 3.8) is 0 Å². The van der Waals surface area contributed by atoms with Gasteiger partial charge in [0.25, 0.3) is 0 Å². The average Bonchev–Trinajstić information content (AvgIpc) is 3.04. The van der Waals surface area contributed by atoms with E-state index in [9.17, 15) is 19.2 Å². The summed E-state index contributed by atoms with van der Waals surface area (Å²) in [6, 6.07) is 2.99. The summed E-state index contributed by atoms with van der Waals surface area (Å²) in [4.78, 5) is 47.7. The van der Waals surface area contributed by atoms with E-state index in [0.717, 1.165) is 0 Å². The van der Waals surface area contributed by atoms with Gasteiger partial charge in [0.1, 0.15) is 12.2 Å². The van der Waals surface area contributed by atoms with Crippen LogP contribution >= 0.6 is 0 Å². The smallest absolute Gasteiger partial charge is 0.339 e. The van der Waals surface area contributed by atoms with E-state index in [4.69, 9.17) is 18.9 Å². The van der Waals surface area contributed by atoms with Crippen molar-refractivity contribution in [3.8, 4) is 0 Å². The first-order valence-electron chi connectivity index (χ1n) is 8.35. The molecule has 8 nitrogen and oxygen atoms in total. The highest BCUT2D eigenvalue weighted by Gasteiger charge is 2.40. The number of fused-ring (bicyclic) bond motifs is 2. The van der Waals surface area contributed by atoms with E-state index < -0.39 is 36.1 Å². The molecule has 8 heteroatoms. The molecule has 2 heterocycles. The Labute approximate surface area is 149 Å². The number of hydrogen-bond donors (Lipinski definition) is 0. The second kappa shape index (κ2) is 7.15. The molecule has 0 unspecified atom stereocenters. The van der Waals surface area contributed by atoms with E-state index >= 15 is 0 Å². The number of ether oxygens (including phenoxy) is 4. The van der Waals surface area contributed by atoms with Gasteiger partial charge in [0.2, 0.25) is 0 Å². The molecule has 1 aromatic carbocycles. The van der Waals surface area contributed by atoms with Gasteiger partial charge in [-0.3, -0.25) is 9.59 Å². The van der Waals surface area contributed by atoms with Gasteiger partial charge in [-0.1, -0.05) is 0 Å². The van der Waals surface area contributed by atoms with Gasteiger partial charge in [-0.25, -0.2) is 9.59 Å². The topological polar surface area (TPSA) is 105 Å². The Kier molecular flexibility index (Phi) is 4.92. The lowest BCUT2D eigenvalue weighted by Crippen LogP contribution is -2.10. The van der Waals surface area contributed by atoms with Crippen molar-refractivity contribution >= 4 is 23.9 Å². The highest BCUT2D eigenvalue weighted by atomic mass is 16.6. The summed E-state index contributed by atoms with van der Waals surface area (Å²) in [5, 5.41) is 0. The second-order valence-corrected chi connectivity index (χ2v) is 5.83. The van der Waals surface area contributed by atoms with Crippen LogP contribution in [0.1, 0.15) is 70.7 Å². The molecule has 2 aliphatic rings. The Morgan fingerprint density at radius 2 is 1.23 bits per heavy atom. The average molecular weight is 362 g/mol. The van der Waals surface area contributed by atoms with Crippen molar-refractivity contribution < 1.29 is 38.1 Å². The van der Waals surface area contributed by atoms with Gasteiger partial charge in [-0.2, -0.15) is 0 Å². The lowest BCUT2D eigenvalue weighted by molar-refractivity contribution is -0.146. The molecule has 3 rings (SSSR count). The lowest BCUT2D eigenvalue weighted by Gasteiger charge is -2.11. The van der Waals surface area contributed by atoms with Crippen LogP contribution in [0.5, 0.6) is 0 Å². The molecular weight excluding hydrogens is 344 g/mol. The van der Waals surface area contributed by atoms with Gasteiger partial charge in [0.05, 0.1) is 37.2 Å². The van der Waals surface area contributed by atoms with Crippen molar-refractivity contribution in [3.05, 3.63) is 34.4 Å². The molecule has 2 aliphatic heterocycles. The van der Waals surface area contributed by atoms with Crippen LogP contribution in [0.3, 0.4) is 0 Å². The summed E-state index contributed by atoms with van der Waals surface area (Å²) in [5.74, 6) is -2.18. The van der Waals surface area contributed by atoms with E-state index in [-0.39, 0.29) is 37.2 Å². The minimum Gasteiger partial charge on any atom is -0.466 e. The van der Waals surface area contributed by atoms with E-state index in [0.29, 0.717) is 11.1 Å². The van der Waals surface area contributed by atoms with Crippen LogP contribution in [0, 0.1) is 0 Å². The molecule has 0 aliphatic carbocycles. The predicted molar refractivity (Wildman–Crippen MR) is 85.3 cm³/mol. The SMILES string of the molecule is CCOC(=O)C[C@H]1OC(=O)c2cc3c(cc21)C(=O)O[C@@H]3CC(=O)OCC. The van der Waals surface area contributed by atoms with E-state index in [2.05, 4.69) is 0 Å². The Balaban J connectivity index is 1.88. The summed E-state index contributed by atoms with van der Waals surface area (Å²) < 4.78 is 20.2. The van der Waals surface area contributed by atoms with E-state index in [1.165, 1.54) is 12.1 Å². The zero-order chi connectivity index (χ0) is 18.8. The summed E-state index contributed by atoms with van der Waals surface area (Å²) >= 11 is 0. The normalized spacial score (nSPS) is 20.1. The Hall–Kier alpha value is -2.90. The van der Waals surface area contributed by atoms with Crippen molar-refractivity contribution in [2.24, 2.45) is 0 Å². The number of rotatable bonds is 6. The first-order valence-corrected chi connectivity index (χ1v) is 8.35. The van der Waals surface area contributed by atoms with Gasteiger partial charge >= 0.3 is 23.9 Å². The van der Waals surface area contributed by atoms with Gasteiger partial charge in [-0.05, 0) is 26.0 Å². The Morgan fingerprint density at radius 3 is 1.58 bits per heavy atom. The molecular formula is C18H18O8. The lowest BCUT2D eigenvalue weighted by atomic mass is 9.94. The van der Waals surface area contributed by atoms with E-state index in [1.54, 1.807) is 13.8 Å². The third-order valence-electron chi connectivity index (χ3n) is 4.17. The summed E-state index contributed by atoms with van der Waals surface area (Å²) in [5.41, 5.74) is 1.39. The van der Waals surface area contributed by atoms with Crippen LogP contribution in [0.15, 0.2) is 12.1 Å². The van der Waals surface area contributed by atoms with Gasteiger partial charge in [0, 0.05) is 11.1 Å². The molecule has 0 spiro atoms. The summed E-state index contributed by atoms with van der Waals surface area (Å²) in [6.07, 6.45) is -1.88. The first-order chi connectivity index (χ1) is 12.4. The van der Waals surface area contributed by atoms with Gasteiger partial charge in [-0.15, -0.1) is 0 Å². The van der Waals surface area contributed by atoms with E-state index in [1.807, 2.05) is 0 Å². The van der Waals surface area contributed by atoms with Crippen LogP contribution in [-0.2, 0) is 28.5 Å². The quantitative estimate of drug-likeness (QED) is 0.559. The number of carbonyl (C=O) groups excluding carboxylic acids is 4. The molecule has 2 atom stereocenters. The van der Waals surface area contributed by atoms with Crippen molar-refractivity contribution in [1.82, 2.24) is 0 Å². The highest BCUT2D eigenvalue weighted by molar-refractivity contribution is 6.00. The molecule has 0 amide bonds. The standard InChI is InChI=1S/C18H18O8/c1-3-23-15(19)7-13-9-5-12-10(6-11(9)17(21)25-13)14(26-18(12)22)8-16(20)24-4-2/h5-6,13-14H,3-4,7-8H2,1-2H3/t13-,14-/m1/s1. The van der Waals surface area contributed by atoms with Gasteiger partial charge in [0.15, 0.2) is 0 Å². The second-order valence-electron chi connectivity index (χ2n) is 5.83. The fourth-order valence-electron chi connectivity index (χ4n) is 3.08. The maximum absolute atomic E-state index is 12.1. The molecule has 0 saturated carbocycles. The van der Waals surface area contributed by atoms with Crippen molar-refractivity contribution in [1.29, 1.82) is 0 Å². The maximum atomic E-state index is 12.1. The first kappa shape index (κ1) is 17.9. The fraction of sp³-hybridized carbons (Fsp3) is 0.444. The number of carbonyl (C=O) groups is 4. The van der Waals surface area contributed by atoms with Crippen LogP contribution in [0.2, 0.25) is 0 Å². The highest BCUT2D eigenvalue weighted by Crippen LogP contribution is 2.41. The Bertz CT molecular complexity index is 716. The maximum Gasteiger partial charge on any atom is 0.339 e. The summed E-state index contributed by atoms with van der Waals surface area (Å²) in [6.45, 7) is 3.80. The Morgan fingerprint density at radius 1 is 0.846 bits per heavy atom. The minimum absolute atomic E-state index is 0.132. The fourth-order valence-corrected chi connectivity index (χ4v) is 3.08. The van der Waals surface area contributed by atoms with Crippen molar-refractivity contribution in [2.45, 2.75) is 38.9 Å².